The van der Waals surface area contributed by atoms with Gasteiger partial charge in [-0.1, -0.05) is 12.1 Å². The van der Waals surface area contributed by atoms with Crippen LogP contribution in [0.4, 0.5) is 5.69 Å². The van der Waals surface area contributed by atoms with Gasteiger partial charge in [-0.3, -0.25) is 4.79 Å². The summed E-state index contributed by atoms with van der Waals surface area (Å²) in [6.07, 6.45) is 2.38. The largest absolute Gasteiger partial charge is 0.496 e. The topological polar surface area (TPSA) is 38.3 Å². The van der Waals surface area contributed by atoms with Crippen LogP contribution in [-0.4, -0.2) is 19.3 Å². The maximum absolute atomic E-state index is 12.1. The van der Waals surface area contributed by atoms with Crippen LogP contribution in [0, 0.1) is 6.92 Å². The Morgan fingerprint density at radius 2 is 1.90 bits per heavy atom. The summed E-state index contributed by atoms with van der Waals surface area (Å²) in [4.78, 5) is 13.2. The van der Waals surface area contributed by atoms with Crippen molar-refractivity contribution in [2.24, 2.45) is 0 Å². The van der Waals surface area contributed by atoms with Gasteiger partial charge in [0.1, 0.15) is 5.75 Å². The van der Waals surface area contributed by atoms with Crippen molar-refractivity contribution in [1.29, 1.82) is 0 Å². The van der Waals surface area contributed by atoms with Crippen molar-refractivity contribution >= 4 is 23.4 Å². The third kappa shape index (κ3) is 4.26. The number of benzene rings is 2. The molecule has 4 heteroatoms. The van der Waals surface area contributed by atoms with Crippen LogP contribution in [0.5, 0.6) is 5.75 Å². The molecule has 0 aliphatic heterocycles. The molecule has 0 fully saturated rings. The lowest BCUT2D eigenvalue weighted by Gasteiger charge is -2.08. The van der Waals surface area contributed by atoms with E-state index in [0.29, 0.717) is 6.42 Å². The molecule has 0 aromatic heterocycles. The number of hydrogen-bond acceptors (Lipinski definition) is 3. The van der Waals surface area contributed by atoms with Gasteiger partial charge in [-0.05, 0) is 54.6 Å². The number of amides is 1. The Bertz CT molecular complexity index is 623. The van der Waals surface area contributed by atoms with E-state index in [1.165, 1.54) is 4.90 Å². The molecule has 1 N–H and O–H groups in total. The molecule has 0 radical (unpaired) electrons. The van der Waals surface area contributed by atoms with Gasteiger partial charge in [-0.15, -0.1) is 11.8 Å². The van der Waals surface area contributed by atoms with Gasteiger partial charge in [0.15, 0.2) is 0 Å². The number of nitrogens with one attached hydrogen (secondary N) is 1. The molecule has 110 valence electrons. The minimum absolute atomic E-state index is 0.0172. The van der Waals surface area contributed by atoms with Gasteiger partial charge in [0.05, 0.1) is 13.5 Å². The summed E-state index contributed by atoms with van der Waals surface area (Å²) < 4.78 is 5.22. The van der Waals surface area contributed by atoms with Crippen LogP contribution in [0.1, 0.15) is 11.1 Å². The van der Waals surface area contributed by atoms with Crippen LogP contribution in [0.3, 0.4) is 0 Å². The number of ether oxygens (including phenoxy) is 1. The second-order valence-corrected chi connectivity index (χ2v) is 5.64. The number of carbonyl (C=O) groups excluding carboxylic acids is 1. The predicted octanol–water partition coefficient (Wildman–Crippen LogP) is 3.91. The molecule has 21 heavy (non-hydrogen) atoms. The third-order valence-corrected chi connectivity index (χ3v) is 3.94. The number of carbonyl (C=O) groups is 1. The number of rotatable bonds is 5. The average Bonchev–Trinajstić information content (AvgIpc) is 2.48. The van der Waals surface area contributed by atoms with Gasteiger partial charge in [0.2, 0.25) is 5.91 Å². The van der Waals surface area contributed by atoms with E-state index >= 15 is 0 Å². The smallest absolute Gasteiger partial charge is 0.228 e. The SMILES string of the molecule is COc1ccc(CC(=O)Nc2ccc(SC)cc2)cc1C. The standard InChI is InChI=1S/C17H19NO2S/c1-12-10-13(4-9-16(12)20-2)11-17(19)18-14-5-7-15(21-3)8-6-14/h4-10H,11H2,1-3H3,(H,18,19). The summed E-state index contributed by atoms with van der Waals surface area (Å²) in [5.74, 6) is 0.822. The number of hydrogen-bond donors (Lipinski definition) is 1. The van der Waals surface area contributed by atoms with Crippen LogP contribution < -0.4 is 10.1 Å². The zero-order chi connectivity index (χ0) is 15.2. The summed E-state index contributed by atoms with van der Waals surface area (Å²) >= 11 is 1.68. The number of methoxy groups -OCH3 is 1. The van der Waals surface area contributed by atoms with Crippen molar-refractivity contribution < 1.29 is 9.53 Å². The molecule has 0 atom stereocenters. The first-order chi connectivity index (χ1) is 10.1. The fraction of sp³-hybridized carbons (Fsp3) is 0.235. The van der Waals surface area contributed by atoms with Gasteiger partial charge < -0.3 is 10.1 Å². The molecule has 0 saturated heterocycles. The Kier molecular flexibility index (Phi) is 5.28. The van der Waals surface area contributed by atoms with Gasteiger partial charge in [-0.25, -0.2) is 0 Å². The number of anilines is 1. The average molecular weight is 301 g/mol. The molecule has 0 saturated carbocycles. The highest BCUT2D eigenvalue weighted by molar-refractivity contribution is 7.98. The third-order valence-electron chi connectivity index (χ3n) is 3.20. The molecule has 3 nitrogen and oxygen atoms in total. The lowest BCUT2D eigenvalue weighted by molar-refractivity contribution is -0.115. The summed E-state index contributed by atoms with van der Waals surface area (Å²) in [7, 11) is 1.65. The van der Waals surface area contributed by atoms with E-state index in [0.717, 1.165) is 22.6 Å². The lowest BCUT2D eigenvalue weighted by atomic mass is 10.1. The fourth-order valence-electron chi connectivity index (χ4n) is 2.12. The highest BCUT2D eigenvalue weighted by Gasteiger charge is 2.06. The molecule has 2 aromatic rings. The van der Waals surface area contributed by atoms with E-state index in [1.807, 2.05) is 55.6 Å². The molecule has 0 unspecified atom stereocenters. The van der Waals surface area contributed by atoms with E-state index in [9.17, 15) is 4.79 Å². The van der Waals surface area contributed by atoms with Crippen molar-refractivity contribution in [1.82, 2.24) is 0 Å². The number of thioether (sulfide) groups is 1. The molecule has 0 aliphatic rings. The highest BCUT2D eigenvalue weighted by Crippen LogP contribution is 2.20. The van der Waals surface area contributed by atoms with Crippen molar-refractivity contribution in [2.75, 3.05) is 18.7 Å². The van der Waals surface area contributed by atoms with Gasteiger partial charge in [-0.2, -0.15) is 0 Å². The van der Waals surface area contributed by atoms with E-state index in [2.05, 4.69) is 5.32 Å². The first-order valence-electron chi connectivity index (χ1n) is 6.70. The van der Waals surface area contributed by atoms with E-state index in [-0.39, 0.29) is 5.91 Å². The zero-order valence-corrected chi connectivity index (χ0v) is 13.3. The Balaban J connectivity index is 1.99. The number of aryl methyl sites for hydroxylation is 1. The summed E-state index contributed by atoms with van der Waals surface area (Å²) in [5, 5.41) is 2.91. The van der Waals surface area contributed by atoms with Gasteiger partial charge in [0, 0.05) is 10.6 Å². The van der Waals surface area contributed by atoms with Crippen molar-refractivity contribution in [2.45, 2.75) is 18.2 Å². The van der Waals surface area contributed by atoms with E-state index in [4.69, 9.17) is 4.74 Å². The minimum atomic E-state index is -0.0172. The minimum Gasteiger partial charge on any atom is -0.496 e. The lowest BCUT2D eigenvalue weighted by Crippen LogP contribution is -2.14. The van der Waals surface area contributed by atoms with E-state index < -0.39 is 0 Å². The predicted molar refractivity (Wildman–Crippen MR) is 88.3 cm³/mol. The van der Waals surface area contributed by atoms with Gasteiger partial charge in [0.25, 0.3) is 0 Å². The summed E-state index contributed by atoms with van der Waals surface area (Å²) in [5.41, 5.74) is 2.83. The summed E-state index contributed by atoms with van der Waals surface area (Å²) in [6.45, 7) is 1.97. The molecule has 0 spiro atoms. The van der Waals surface area contributed by atoms with Crippen LogP contribution in [-0.2, 0) is 11.2 Å². The van der Waals surface area contributed by atoms with Crippen LogP contribution >= 0.6 is 11.8 Å². The maximum atomic E-state index is 12.1. The second kappa shape index (κ2) is 7.18. The maximum Gasteiger partial charge on any atom is 0.228 e. The molecule has 2 aromatic carbocycles. The van der Waals surface area contributed by atoms with Crippen LogP contribution in [0.2, 0.25) is 0 Å². The quantitative estimate of drug-likeness (QED) is 0.851. The zero-order valence-electron chi connectivity index (χ0n) is 12.5. The first kappa shape index (κ1) is 15.4. The first-order valence-corrected chi connectivity index (χ1v) is 7.92. The second-order valence-electron chi connectivity index (χ2n) is 4.76. The van der Waals surface area contributed by atoms with E-state index in [1.54, 1.807) is 18.9 Å². The highest BCUT2D eigenvalue weighted by atomic mass is 32.2. The fourth-order valence-corrected chi connectivity index (χ4v) is 2.52. The molecule has 0 bridgehead atoms. The molecule has 2 rings (SSSR count). The van der Waals surface area contributed by atoms with Crippen LogP contribution in [0.15, 0.2) is 47.4 Å². The normalized spacial score (nSPS) is 10.2. The molecule has 0 aliphatic carbocycles. The Morgan fingerprint density at radius 1 is 1.19 bits per heavy atom. The molecule has 1 amide bonds. The van der Waals surface area contributed by atoms with Crippen LogP contribution in [0.25, 0.3) is 0 Å². The Morgan fingerprint density at radius 3 is 2.48 bits per heavy atom. The van der Waals surface area contributed by atoms with Crippen molar-refractivity contribution in [3.63, 3.8) is 0 Å². The molecule has 0 heterocycles. The Labute approximate surface area is 129 Å². The molecular weight excluding hydrogens is 282 g/mol. The Hall–Kier alpha value is -1.94. The monoisotopic (exact) mass is 301 g/mol. The van der Waals surface area contributed by atoms with Crippen molar-refractivity contribution in [3.8, 4) is 5.75 Å². The van der Waals surface area contributed by atoms with Gasteiger partial charge >= 0.3 is 0 Å². The summed E-state index contributed by atoms with van der Waals surface area (Å²) in [6, 6.07) is 13.6. The van der Waals surface area contributed by atoms with Crippen molar-refractivity contribution in [3.05, 3.63) is 53.6 Å². The molecular formula is C17H19NO2S.